The number of esters is 1. The third-order valence-electron chi connectivity index (χ3n) is 4.56. The highest BCUT2D eigenvalue weighted by Crippen LogP contribution is 2.25. The molecule has 2 N–H and O–H groups in total. The fraction of sp³-hybridized carbons (Fsp3) is 0.136. The number of pyridine rings is 2. The number of hydrogen-bond acceptors (Lipinski definition) is 7. The lowest BCUT2D eigenvalue weighted by atomic mass is 10.1. The van der Waals surface area contributed by atoms with Gasteiger partial charge in [0.25, 0.3) is 11.5 Å². The third kappa shape index (κ3) is 4.50. The van der Waals surface area contributed by atoms with Crippen LogP contribution in [-0.4, -0.2) is 46.0 Å². The van der Waals surface area contributed by atoms with Crippen molar-refractivity contribution in [1.82, 2.24) is 14.9 Å². The number of fused-ring (bicyclic) bond motifs is 1. The number of ketones is 1. The molecule has 0 aliphatic rings. The number of hydrogen-bond donors (Lipinski definition) is 2. The van der Waals surface area contributed by atoms with E-state index in [0.717, 1.165) is 6.08 Å². The van der Waals surface area contributed by atoms with Gasteiger partial charge in [0.2, 0.25) is 0 Å². The summed E-state index contributed by atoms with van der Waals surface area (Å²) in [5, 5.41) is 13.2. The lowest BCUT2D eigenvalue weighted by molar-refractivity contribution is -0.139. The van der Waals surface area contributed by atoms with E-state index >= 15 is 0 Å². The predicted octanol–water partition coefficient (Wildman–Crippen LogP) is 1.44. The minimum Gasteiger partial charge on any atom is -0.506 e. The summed E-state index contributed by atoms with van der Waals surface area (Å²) in [7, 11) is 2.68. The number of aromatic hydroxyl groups is 1. The molecule has 0 spiro atoms. The standard InChI is InChI=1S/C22H19N3O6/c1-25-20-15(7-4-10-23-20)19(28)18(22(25)30)16(26)9-8-13-5-3-6-14(11-13)21(29)24-12-17(27)31-2/h3-11,28H,12H2,1-2H3,(H,24,29)/b9-8+. The quantitative estimate of drug-likeness (QED) is 0.350. The van der Waals surface area contributed by atoms with Crippen LogP contribution in [0.4, 0.5) is 0 Å². The summed E-state index contributed by atoms with van der Waals surface area (Å²) in [6, 6.07) is 9.47. The molecule has 3 aromatic rings. The first-order valence-corrected chi connectivity index (χ1v) is 9.17. The van der Waals surface area contributed by atoms with Gasteiger partial charge in [-0.05, 0) is 35.9 Å². The van der Waals surface area contributed by atoms with Gasteiger partial charge in [-0.15, -0.1) is 0 Å². The number of nitrogens with one attached hydrogen (secondary N) is 1. The first-order chi connectivity index (χ1) is 14.8. The Morgan fingerprint density at radius 2 is 2.00 bits per heavy atom. The molecule has 0 atom stereocenters. The van der Waals surface area contributed by atoms with Gasteiger partial charge in [0.05, 0.1) is 12.5 Å². The molecule has 0 saturated carbocycles. The molecule has 0 radical (unpaired) electrons. The summed E-state index contributed by atoms with van der Waals surface area (Å²) in [5.74, 6) is -2.19. The molecule has 31 heavy (non-hydrogen) atoms. The molecular weight excluding hydrogens is 402 g/mol. The summed E-state index contributed by atoms with van der Waals surface area (Å²) in [6.45, 7) is -0.271. The number of methoxy groups -OCH3 is 1. The predicted molar refractivity (Wildman–Crippen MR) is 113 cm³/mol. The van der Waals surface area contributed by atoms with Crippen LogP contribution in [0.2, 0.25) is 0 Å². The van der Waals surface area contributed by atoms with Gasteiger partial charge in [0.15, 0.2) is 5.78 Å². The lowest BCUT2D eigenvalue weighted by Gasteiger charge is -2.09. The van der Waals surface area contributed by atoms with Crippen molar-refractivity contribution in [2.24, 2.45) is 7.05 Å². The monoisotopic (exact) mass is 421 g/mol. The van der Waals surface area contributed by atoms with Gasteiger partial charge >= 0.3 is 5.97 Å². The van der Waals surface area contributed by atoms with Crippen molar-refractivity contribution in [2.45, 2.75) is 0 Å². The number of rotatable bonds is 6. The molecule has 2 heterocycles. The van der Waals surface area contributed by atoms with Gasteiger partial charge in [-0.2, -0.15) is 0 Å². The third-order valence-corrected chi connectivity index (χ3v) is 4.56. The largest absolute Gasteiger partial charge is 0.506 e. The Balaban J connectivity index is 1.86. The summed E-state index contributed by atoms with van der Waals surface area (Å²) in [5.41, 5.74) is 0.00333. The van der Waals surface area contributed by atoms with E-state index in [1.807, 2.05) is 0 Å². The maximum absolute atomic E-state index is 12.7. The maximum Gasteiger partial charge on any atom is 0.325 e. The topological polar surface area (TPSA) is 128 Å². The number of benzene rings is 1. The molecule has 1 amide bonds. The van der Waals surface area contributed by atoms with Gasteiger partial charge in [0.1, 0.15) is 23.5 Å². The zero-order valence-corrected chi connectivity index (χ0v) is 16.8. The van der Waals surface area contributed by atoms with Crippen LogP contribution in [0.15, 0.2) is 53.5 Å². The fourth-order valence-electron chi connectivity index (χ4n) is 2.94. The van der Waals surface area contributed by atoms with Crippen molar-refractivity contribution in [2.75, 3.05) is 13.7 Å². The molecule has 2 aromatic heterocycles. The fourth-order valence-corrected chi connectivity index (χ4v) is 2.94. The van der Waals surface area contributed by atoms with E-state index in [0.29, 0.717) is 5.56 Å². The first kappa shape index (κ1) is 21.4. The van der Waals surface area contributed by atoms with E-state index in [1.165, 1.54) is 37.1 Å². The van der Waals surface area contributed by atoms with Crippen LogP contribution in [0.1, 0.15) is 26.3 Å². The SMILES string of the molecule is COC(=O)CNC(=O)c1cccc(/C=C/C(=O)c2c(O)c3cccnc3n(C)c2=O)c1. The zero-order valence-electron chi connectivity index (χ0n) is 16.8. The lowest BCUT2D eigenvalue weighted by Crippen LogP contribution is -2.30. The van der Waals surface area contributed by atoms with Crippen molar-refractivity contribution in [1.29, 1.82) is 0 Å². The Hall–Kier alpha value is -4.27. The van der Waals surface area contributed by atoms with Crippen LogP contribution in [-0.2, 0) is 16.6 Å². The molecule has 0 bridgehead atoms. The molecule has 0 unspecified atom stereocenters. The number of amides is 1. The van der Waals surface area contributed by atoms with E-state index in [-0.39, 0.29) is 28.7 Å². The maximum atomic E-state index is 12.7. The van der Waals surface area contributed by atoms with Gasteiger partial charge < -0.3 is 15.2 Å². The van der Waals surface area contributed by atoms with Crippen LogP contribution < -0.4 is 10.9 Å². The molecule has 3 rings (SSSR count). The summed E-state index contributed by atoms with van der Waals surface area (Å²) >= 11 is 0. The number of ether oxygens (including phenoxy) is 1. The Bertz CT molecular complexity index is 1280. The minimum atomic E-state index is -0.690. The van der Waals surface area contributed by atoms with E-state index in [9.17, 15) is 24.3 Å². The second kappa shape index (κ2) is 9.04. The Morgan fingerprint density at radius 3 is 2.74 bits per heavy atom. The Kier molecular flexibility index (Phi) is 6.25. The average molecular weight is 421 g/mol. The van der Waals surface area contributed by atoms with Crippen molar-refractivity contribution >= 4 is 34.8 Å². The molecule has 9 heteroatoms. The minimum absolute atomic E-state index is 0.260. The molecule has 1 aromatic carbocycles. The van der Waals surface area contributed by atoms with E-state index in [1.54, 1.807) is 30.3 Å². The highest BCUT2D eigenvalue weighted by Gasteiger charge is 2.19. The average Bonchev–Trinajstić information content (AvgIpc) is 2.79. The molecule has 0 fully saturated rings. The van der Waals surface area contributed by atoms with Crippen LogP contribution in [0, 0.1) is 0 Å². The number of carbonyl (C=O) groups is 3. The molecule has 158 valence electrons. The van der Waals surface area contributed by atoms with Crippen molar-refractivity contribution in [3.8, 4) is 5.75 Å². The second-order valence-corrected chi connectivity index (χ2v) is 6.54. The number of aromatic nitrogens is 2. The van der Waals surface area contributed by atoms with Crippen LogP contribution >= 0.6 is 0 Å². The summed E-state index contributed by atoms with van der Waals surface area (Å²) in [4.78, 5) is 52.6. The van der Waals surface area contributed by atoms with Crippen LogP contribution in [0.3, 0.4) is 0 Å². The van der Waals surface area contributed by atoms with Crippen LogP contribution in [0.5, 0.6) is 5.75 Å². The van der Waals surface area contributed by atoms with Gasteiger partial charge in [-0.1, -0.05) is 18.2 Å². The number of carbonyl (C=O) groups excluding carboxylic acids is 3. The van der Waals surface area contributed by atoms with Crippen molar-refractivity contribution < 1.29 is 24.2 Å². The first-order valence-electron chi connectivity index (χ1n) is 9.17. The van der Waals surface area contributed by atoms with Crippen LogP contribution in [0.25, 0.3) is 17.1 Å². The van der Waals surface area contributed by atoms with Gasteiger partial charge in [-0.25, -0.2) is 4.98 Å². The summed E-state index contributed by atoms with van der Waals surface area (Å²) < 4.78 is 5.66. The highest BCUT2D eigenvalue weighted by molar-refractivity contribution is 6.11. The van der Waals surface area contributed by atoms with Gasteiger partial charge in [0, 0.05) is 18.8 Å². The second-order valence-electron chi connectivity index (χ2n) is 6.54. The Labute approximate surface area is 176 Å². The van der Waals surface area contributed by atoms with Crippen molar-refractivity contribution in [3.63, 3.8) is 0 Å². The molecule has 0 saturated heterocycles. The van der Waals surface area contributed by atoms with E-state index in [4.69, 9.17) is 0 Å². The Morgan fingerprint density at radius 1 is 1.23 bits per heavy atom. The zero-order chi connectivity index (χ0) is 22.5. The van der Waals surface area contributed by atoms with Gasteiger partial charge in [-0.3, -0.25) is 23.7 Å². The number of nitrogens with zero attached hydrogens (tertiary/aromatic N) is 2. The van der Waals surface area contributed by atoms with E-state index < -0.39 is 29.0 Å². The normalized spacial score (nSPS) is 10.9. The molecule has 0 aliphatic carbocycles. The molecule has 0 aliphatic heterocycles. The van der Waals surface area contributed by atoms with Crippen molar-refractivity contribution in [3.05, 3.63) is 75.7 Å². The summed E-state index contributed by atoms with van der Waals surface area (Å²) in [6.07, 6.45) is 4.05. The number of allylic oxidation sites excluding steroid dienone is 1. The molecular formula is C22H19N3O6. The number of aryl methyl sites for hydroxylation is 1. The molecule has 9 nitrogen and oxygen atoms in total. The highest BCUT2D eigenvalue weighted by atomic mass is 16.5. The smallest absolute Gasteiger partial charge is 0.325 e. The van der Waals surface area contributed by atoms with E-state index in [2.05, 4.69) is 15.0 Å².